The summed E-state index contributed by atoms with van der Waals surface area (Å²) >= 11 is 0. The van der Waals surface area contributed by atoms with Crippen molar-refractivity contribution in [3.63, 3.8) is 0 Å². The first-order chi connectivity index (χ1) is 11.5. The Labute approximate surface area is 190 Å². The third-order valence-corrected chi connectivity index (χ3v) is 3.91. The van der Waals surface area contributed by atoms with E-state index in [9.17, 15) is 14.7 Å². The fraction of sp³-hybridized carbons (Fsp3) is 0.625. The summed E-state index contributed by atoms with van der Waals surface area (Å²) in [7, 11) is 0. The third-order valence-electron chi connectivity index (χ3n) is 3.91. The van der Waals surface area contributed by atoms with Crippen molar-refractivity contribution in [1.29, 1.82) is 0 Å². The minimum absolute atomic E-state index is 0. The van der Waals surface area contributed by atoms with Gasteiger partial charge in [-0.05, 0) is 49.4 Å². The number of nitrogens with one attached hydrogen (secondary N) is 1. The predicted octanol–water partition coefficient (Wildman–Crippen LogP) is -1.62. The molecule has 132 valence electrons. The molecule has 1 aliphatic carbocycles. The van der Waals surface area contributed by atoms with Crippen molar-refractivity contribution in [2.24, 2.45) is 5.11 Å². The summed E-state index contributed by atoms with van der Waals surface area (Å²) < 4.78 is 5.95. The fourth-order valence-electron chi connectivity index (χ4n) is 2.64. The van der Waals surface area contributed by atoms with Gasteiger partial charge in [0.1, 0.15) is 0 Å². The first-order valence-electron chi connectivity index (χ1n) is 8.01. The van der Waals surface area contributed by atoms with Crippen LogP contribution in [0.3, 0.4) is 0 Å². The standard InChI is InChI=1S/C16H24N4O4.K/c1-4-7-14(21)18-15-12(19-20-17)8-10(16(22)23)9-13(15)24-11(5-2)6-3;/h4,7,9,11-13,15H,5-6,8H2,1-3H3,(H,18,21)(H,22,23);/q;+1/p-1/b7-4+;/t12?,13-,15-;/m1./s1. The zero-order valence-corrected chi connectivity index (χ0v) is 18.3. The van der Waals surface area contributed by atoms with Gasteiger partial charge in [0, 0.05) is 4.91 Å². The monoisotopic (exact) mass is 374 g/mol. The van der Waals surface area contributed by atoms with Gasteiger partial charge in [-0.25, -0.2) is 0 Å². The first kappa shape index (κ1) is 24.3. The van der Waals surface area contributed by atoms with E-state index in [0.717, 1.165) is 12.8 Å². The summed E-state index contributed by atoms with van der Waals surface area (Å²) in [5, 5.41) is 17.6. The molecule has 0 bridgehead atoms. The van der Waals surface area contributed by atoms with Gasteiger partial charge < -0.3 is 20.0 Å². The molecule has 1 amide bonds. The van der Waals surface area contributed by atoms with E-state index < -0.39 is 24.2 Å². The maximum Gasteiger partial charge on any atom is 1.00 e. The minimum atomic E-state index is -1.33. The second kappa shape index (κ2) is 12.6. The molecule has 1 rings (SSSR count). The van der Waals surface area contributed by atoms with E-state index in [1.54, 1.807) is 13.0 Å². The summed E-state index contributed by atoms with van der Waals surface area (Å²) in [6.45, 7) is 5.62. The number of ether oxygens (including phenoxy) is 1. The number of allylic oxidation sites excluding steroid dienone is 1. The average molecular weight is 374 g/mol. The van der Waals surface area contributed by atoms with Crippen LogP contribution >= 0.6 is 0 Å². The van der Waals surface area contributed by atoms with Crippen LogP contribution in [-0.4, -0.2) is 36.2 Å². The molecule has 1 N–H and O–H groups in total. The maximum atomic E-state index is 11.9. The Bertz CT molecular complexity index is 568. The molecule has 0 spiro atoms. The fourth-order valence-corrected chi connectivity index (χ4v) is 2.64. The Hall–Kier alpha value is -0.674. The molecule has 8 nitrogen and oxygen atoms in total. The van der Waals surface area contributed by atoms with Crippen molar-refractivity contribution in [1.82, 2.24) is 5.32 Å². The van der Waals surface area contributed by atoms with E-state index in [0.29, 0.717) is 0 Å². The van der Waals surface area contributed by atoms with Crippen molar-refractivity contribution in [3.05, 3.63) is 34.2 Å². The minimum Gasteiger partial charge on any atom is -0.545 e. The van der Waals surface area contributed by atoms with Crippen LogP contribution in [0.5, 0.6) is 0 Å². The quantitative estimate of drug-likeness (QED) is 0.180. The van der Waals surface area contributed by atoms with Gasteiger partial charge in [0.15, 0.2) is 0 Å². The second-order valence-corrected chi connectivity index (χ2v) is 5.53. The maximum absolute atomic E-state index is 11.9. The summed E-state index contributed by atoms with van der Waals surface area (Å²) in [5.41, 5.74) is 8.78. The van der Waals surface area contributed by atoms with E-state index in [1.165, 1.54) is 12.2 Å². The molecule has 25 heavy (non-hydrogen) atoms. The van der Waals surface area contributed by atoms with Gasteiger partial charge >= 0.3 is 51.4 Å². The zero-order valence-electron chi connectivity index (χ0n) is 15.1. The number of carboxylic acids is 1. The molecule has 0 aromatic carbocycles. The van der Waals surface area contributed by atoms with Crippen LogP contribution in [-0.2, 0) is 14.3 Å². The van der Waals surface area contributed by atoms with Crippen molar-refractivity contribution in [3.8, 4) is 0 Å². The van der Waals surface area contributed by atoms with Crippen LogP contribution in [0.15, 0.2) is 28.9 Å². The zero-order chi connectivity index (χ0) is 18.1. The number of hydrogen-bond acceptors (Lipinski definition) is 5. The number of carboxylic acid groups (broad SMARTS) is 1. The van der Waals surface area contributed by atoms with Gasteiger partial charge in [0.25, 0.3) is 0 Å². The van der Waals surface area contributed by atoms with Crippen LogP contribution in [0.1, 0.15) is 40.0 Å². The topological polar surface area (TPSA) is 127 Å². The van der Waals surface area contributed by atoms with Crippen LogP contribution in [0.25, 0.3) is 10.4 Å². The molecule has 0 radical (unpaired) electrons. The van der Waals surface area contributed by atoms with E-state index >= 15 is 0 Å². The molecule has 0 fully saturated rings. The second-order valence-electron chi connectivity index (χ2n) is 5.53. The number of rotatable bonds is 8. The van der Waals surface area contributed by atoms with Gasteiger partial charge in [-0.2, -0.15) is 0 Å². The Morgan fingerprint density at radius 3 is 2.64 bits per heavy atom. The molecular formula is C16H23KN4O4. The molecule has 9 heteroatoms. The van der Waals surface area contributed by atoms with Crippen LogP contribution in [0, 0.1) is 0 Å². The SMILES string of the molecule is C/C=C/C(=O)N[C@@H]1C(N=[N+]=[N-])CC(C(=O)[O-])=C[C@H]1OC(CC)CC.[K+]. The molecule has 0 saturated carbocycles. The number of hydrogen-bond donors (Lipinski definition) is 1. The molecule has 0 saturated heterocycles. The summed E-state index contributed by atoms with van der Waals surface area (Å²) in [4.78, 5) is 25.9. The van der Waals surface area contributed by atoms with Crippen LogP contribution < -0.4 is 61.8 Å². The molecular weight excluding hydrogens is 351 g/mol. The van der Waals surface area contributed by atoms with Crippen LogP contribution in [0.2, 0.25) is 0 Å². The van der Waals surface area contributed by atoms with E-state index in [4.69, 9.17) is 10.3 Å². The van der Waals surface area contributed by atoms with Crippen molar-refractivity contribution >= 4 is 11.9 Å². The molecule has 0 aromatic heterocycles. The summed E-state index contributed by atoms with van der Waals surface area (Å²) in [6, 6.07) is -1.41. The number of nitrogens with zero attached hydrogens (tertiary/aromatic N) is 3. The third kappa shape index (κ3) is 7.61. The van der Waals surface area contributed by atoms with E-state index in [2.05, 4.69) is 15.3 Å². The van der Waals surface area contributed by atoms with Crippen molar-refractivity contribution in [2.45, 2.75) is 64.3 Å². The van der Waals surface area contributed by atoms with E-state index in [1.807, 2.05) is 13.8 Å². The number of carbonyl (C=O) groups is 2. The normalized spacial score (nSPS) is 22.7. The average Bonchev–Trinajstić information content (AvgIpc) is 2.55. The Morgan fingerprint density at radius 1 is 1.52 bits per heavy atom. The number of azide groups is 1. The molecule has 0 aromatic rings. The Balaban J connectivity index is 0.00000576. The first-order valence-corrected chi connectivity index (χ1v) is 8.01. The van der Waals surface area contributed by atoms with Gasteiger partial charge in [0.05, 0.1) is 30.3 Å². The number of aliphatic carboxylic acids is 1. The Kier molecular flexibility index (Phi) is 12.3. The molecule has 1 aliphatic rings. The largest absolute Gasteiger partial charge is 1.00 e. The van der Waals surface area contributed by atoms with Crippen molar-refractivity contribution < 1.29 is 70.8 Å². The summed E-state index contributed by atoms with van der Waals surface area (Å²) in [6.07, 6.45) is 5.03. The van der Waals surface area contributed by atoms with Crippen LogP contribution in [0.4, 0.5) is 0 Å². The molecule has 1 unspecified atom stereocenters. The smallest absolute Gasteiger partial charge is 0.545 e. The molecule has 0 aliphatic heterocycles. The number of amides is 1. The van der Waals surface area contributed by atoms with Gasteiger partial charge in [-0.3, -0.25) is 4.79 Å². The van der Waals surface area contributed by atoms with Gasteiger partial charge in [-0.1, -0.05) is 25.0 Å². The Morgan fingerprint density at radius 2 is 2.16 bits per heavy atom. The molecule has 0 heterocycles. The van der Waals surface area contributed by atoms with Gasteiger partial charge in [-0.15, -0.1) is 0 Å². The van der Waals surface area contributed by atoms with Crippen molar-refractivity contribution in [2.75, 3.05) is 0 Å². The van der Waals surface area contributed by atoms with Gasteiger partial charge in [0.2, 0.25) is 5.91 Å². The number of carbonyl (C=O) groups excluding carboxylic acids is 2. The predicted molar refractivity (Wildman–Crippen MR) is 86.6 cm³/mol. The van der Waals surface area contributed by atoms with E-state index in [-0.39, 0.29) is 75.4 Å². The molecule has 3 atom stereocenters. The summed E-state index contributed by atoms with van der Waals surface area (Å²) in [5.74, 6) is -1.69.